The molecule has 0 fully saturated rings. The van der Waals surface area contributed by atoms with E-state index in [2.05, 4.69) is 25.7 Å². The predicted octanol–water partition coefficient (Wildman–Crippen LogP) is 1.47. The molecule has 0 aromatic carbocycles. The summed E-state index contributed by atoms with van der Waals surface area (Å²) in [6, 6.07) is 0.0936. The van der Waals surface area contributed by atoms with Crippen LogP contribution in [0.2, 0.25) is 0 Å². The van der Waals surface area contributed by atoms with Crippen molar-refractivity contribution in [3.63, 3.8) is 0 Å². The van der Waals surface area contributed by atoms with Crippen molar-refractivity contribution in [2.45, 2.75) is 45.7 Å². The van der Waals surface area contributed by atoms with Crippen molar-refractivity contribution in [2.24, 2.45) is 0 Å². The lowest BCUT2D eigenvalue weighted by Gasteiger charge is -2.23. The number of aromatic nitrogens is 4. The maximum Gasteiger partial charge on any atom is 0.263 e. The van der Waals surface area contributed by atoms with Crippen LogP contribution in [0.25, 0.3) is 0 Å². The molecule has 1 unspecified atom stereocenters. The molecule has 0 radical (unpaired) electrons. The van der Waals surface area contributed by atoms with Crippen LogP contribution in [0.15, 0.2) is 6.20 Å². The van der Waals surface area contributed by atoms with Crippen molar-refractivity contribution in [1.82, 2.24) is 25.1 Å². The van der Waals surface area contributed by atoms with E-state index in [0.29, 0.717) is 11.4 Å². The van der Waals surface area contributed by atoms with Crippen molar-refractivity contribution in [2.75, 3.05) is 11.9 Å². The molecule has 22 heavy (non-hydrogen) atoms. The van der Waals surface area contributed by atoms with Crippen molar-refractivity contribution >= 4 is 22.4 Å². The van der Waals surface area contributed by atoms with Crippen LogP contribution in [0.1, 0.15) is 41.6 Å². The van der Waals surface area contributed by atoms with Crippen LogP contribution in [-0.4, -0.2) is 38.2 Å². The van der Waals surface area contributed by atoms with Gasteiger partial charge in [0.05, 0.1) is 12.7 Å². The monoisotopic (exact) mass is 320 g/mol. The highest BCUT2D eigenvalue weighted by molar-refractivity contribution is 7.17. The summed E-state index contributed by atoms with van der Waals surface area (Å²) in [4.78, 5) is 21.6. The number of fused-ring (bicyclic) bond motifs is 1. The van der Waals surface area contributed by atoms with E-state index in [1.807, 2.05) is 18.5 Å². The quantitative estimate of drug-likeness (QED) is 0.871. The van der Waals surface area contributed by atoms with Gasteiger partial charge in [0.15, 0.2) is 11.0 Å². The lowest BCUT2D eigenvalue weighted by molar-refractivity contribution is 0.0930. The number of carbonyl (C=O) groups is 1. The van der Waals surface area contributed by atoms with E-state index in [9.17, 15) is 4.79 Å². The molecule has 1 aliphatic heterocycles. The highest BCUT2D eigenvalue weighted by Gasteiger charge is 2.23. The molecule has 8 heteroatoms. The molecule has 0 saturated heterocycles. The van der Waals surface area contributed by atoms with Gasteiger partial charge >= 0.3 is 0 Å². The van der Waals surface area contributed by atoms with Crippen LogP contribution in [-0.2, 0) is 19.4 Å². The summed E-state index contributed by atoms with van der Waals surface area (Å²) in [7, 11) is 0. The van der Waals surface area contributed by atoms with Gasteiger partial charge in [0.2, 0.25) is 0 Å². The van der Waals surface area contributed by atoms with E-state index in [0.717, 1.165) is 42.6 Å². The number of thiazole rings is 1. The van der Waals surface area contributed by atoms with Crippen LogP contribution >= 0.6 is 11.3 Å². The molecule has 0 saturated carbocycles. The molecule has 3 rings (SSSR count). The first-order valence-corrected chi connectivity index (χ1v) is 8.44. The van der Waals surface area contributed by atoms with Gasteiger partial charge in [-0.05, 0) is 13.3 Å². The fraction of sp³-hybridized carbons (Fsp3) is 0.571. The minimum atomic E-state index is -0.0640. The second kappa shape index (κ2) is 6.43. The molecule has 3 heterocycles. The van der Waals surface area contributed by atoms with E-state index in [1.165, 1.54) is 11.3 Å². The summed E-state index contributed by atoms with van der Waals surface area (Å²) >= 11 is 1.38. The van der Waals surface area contributed by atoms with E-state index in [-0.39, 0.29) is 11.9 Å². The number of rotatable bonds is 5. The molecule has 2 aromatic heterocycles. The number of aryl methyl sites for hydroxylation is 2. The standard InChI is InChI=1S/C14H20N6OS/c1-3-11-18-12-6-5-9(8-20(12)19-11)17-13(21)10-7-16-14(22-10)15-4-2/h7,9H,3-6,8H2,1-2H3,(H,15,16)(H,17,21). The zero-order valence-electron chi connectivity index (χ0n) is 12.8. The smallest absolute Gasteiger partial charge is 0.263 e. The molecule has 1 atom stereocenters. The van der Waals surface area contributed by atoms with Crippen molar-refractivity contribution in [3.8, 4) is 0 Å². The van der Waals surface area contributed by atoms with Gasteiger partial charge in [0.1, 0.15) is 10.7 Å². The third-order valence-corrected chi connectivity index (χ3v) is 4.56. The molecule has 0 bridgehead atoms. The molecule has 0 spiro atoms. The first kappa shape index (κ1) is 15.0. The summed E-state index contributed by atoms with van der Waals surface area (Å²) in [5, 5.41) is 11.4. The Morgan fingerprint density at radius 2 is 2.36 bits per heavy atom. The third kappa shape index (κ3) is 3.11. The number of nitrogens with zero attached hydrogens (tertiary/aromatic N) is 4. The average molecular weight is 320 g/mol. The Labute approximate surface area is 133 Å². The Balaban J connectivity index is 1.62. The average Bonchev–Trinajstić information content (AvgIpc) is 3.13. The SMILES string of the molecule is CCNc1ncc(C(=O)NC2CCc3nc(CC)nn3C2)s1. The third-order valence-electron chi connectivity index (χ3n) is 3.61. The molecule has 2 N–H and O–H groups in total. The summed E-state index contributed by atoms with van der Waals surface area (Å²) in [6.45, 7) is 5.54. The van der Waals surface area contributed by atoms with Gasteiger partial charge in [-0.25, -0.2) is 14.6 Å². The zero-order valence-corrected chi connectivity index (χ0v) is 13.6. The Morgan fingerprint density at radius 1 is 1.50 bits per heavy atom. The summed E-state index contributed by atoms with van der Waals surface area (Å²) < 4.78 is 1.92. The van der Waals surface area contributed by atoms with E-state index in [1.54, 1.807) is 6.20 Å². The highest BCUT2D eigenvalue weighted by Crippen LogP contribution is 2.19. The minimum absolute atomic E-state index is 0.0640. The molecule has 0 aliphatic carbocycles. The normalized spacial score (nSPS) is 17.1. The predicted molar refractivity (Wildman–Crippen MR) is 85.3 cm³/mol. The number of hydrogen-bond donors (Lipinski definition) is 2. The van der Waals surface area contributed by atoms with Crippen LogP contribution in [0.3, 0.4) is 0 Å². The first-order valence-electron chi connectivity index (χ1n) is 7.62. The fourth-order valence-corrected chi connectivity index (χ4v) is 3.28. The Morgan fingerprint density at radius 3 is 3.14 bits per heavy atom. The maximum atomic E-state index is 12.3. The van der Waals surface area contributed by atoms with Crippen molar-refractivity contribution in [3.05, 3.63) is 22.7 Å². The number of anilines is 1. The maximum absolute atomic E-state index is 12.3. The first-order chi connectivity index (χ1) is 10.7. The van der Waals surface area contributed by atoms with Crippen LogP contribution in [0.5, 0.6) is 0 Å². The van der Waals surface area contributed by atoms with Crippen LogP contribution in [0.4, 0.5) is 5.13 Å². The van der Waals surface area contributed by atoms with Gasteiger partial charge in [-0.1, -0.05) is 18.3 Å². The number of nitrogens with one attached hydrogen (secondary N) is 2. The Hall–Kier alpha value is -1.96. The lowest BCUT2D eigenvalue weighted by atomic mass is 10.1. The summed E-state index contributed by atoms with van der Waals surface area (Å²) in [5.74, 6) is 1.83. The second-order valence-electron chi connectivity index (χ2n) is 5.25. The molecule has 1 aliphatic rings. The molecular formula is C14H20N6OS. The van der Waals surface area contributed by atoms with Gasteiger partial charge in [0.25, 0.3) is 5.91 Å². The molecule has 2 aromatic rings. The molecular weight excluding hydrogens is 300 g/mol. The van der Waals surface area contributed by atoms with Gasteiger partial charge in [0, 0.05) is 25.4 Å². The van der Waals surface area contributed by atoms with Gasteiger partial charge in [-0.2, -0.15) is 5.10 Å². The van der Waals surface area contributed by atoms with Crippen molar-refractivity contribution < 1.29 is 4.79 Å². The number of carbonyl (C=O) groups excluding carboxylic acids is 1. The summed E-state index contributed by atoms with van der Waals surface area (Å²) in [6.07, 6.45) is 4.21. The fourth-order valence-electron chi connectivity index (χ4n) is 2.50. The van der Waals surface area contributed by atoms with Crippen LogP contribution < -0.4 is 10.6 Å². The molecule has 7 nitrogen and oxygen atoms in total. The molecule has 118 valence electrons. The zero-order chi connectivity index (χ0) is 15.5. The largest absolute Gasteiger partial charge is 0.362 e. The van der Waals surface area contributed by atoms with E-state index in [4.69, 9.17) is 0 Å². The van der Waals surface area contributed by atoms with Gasteiger partial charge in [-0.15, -0.1) is 0 Å². The van der Waals surface area contributed by atoms with Crippen LogP contribution in [0, 0.1) is 0 Å². The lowest BCUT2D eigenvalue weighted by Crippen LogP contribution is -2.41. The Kier molecular flexibility index (Phi) is 4.37. The summed E-state index contributed by atoms with van der Waals surface area (Å²) in [5.41, 5.74) is 0. The number of hydrogen-bond acceptors (Lipinski definition) is 6. The second-order valence-corrected chi connectivity index (χ2v) is 6.28. The van der Waals surface area contributed by atoms with E-state index >= 15 is 0 Å². The minimum Gasteiger partial charge on any atom is -0.362 e. The molecule has 1 amide bonds. The highest BCUT2D eigenvalue weighted by atomic mass is 32.1. The topological polar surface area (TPSA) is 84.7 Å². The van der Waals surface area contributed by atoms with Gasteiger partial charge < -0.3 is 10.6 Å². The van der Waals surface area contributed by atoms with Gasteiger partial charge in [-0.3, -0.25) is 4.79 Å². The number of amides is 1. The Bertz CT molecular complexity index is 664. The van der Waals surface area contributed by atoms with Crippen molar-refractivity contribution in [1.29, 1.82) is 0 Å². The van der Waals surface area contributed by atoms with E-state index < -0.39 is 0 Å².